The molecule has 0 saturated heterocycles. The number of H-pyrrole nitrogens is 1. The number of benzene rings is 1. The predicted molar refractivity (Wildman–Crippen MR) is 84.8 cm³/mol. The van der Waals surface area contributed by atoms with Crippen LogP contribution in [0.3, 0.4) is 0 Å². The van der Waals surface area contributed by atoms with Gasteiger partial charge in [0.15, 0.2) is 17.4 Å². The average Bonchev–Trinajstić information content (AvgIpc) is 3.22. The number of pyridine rings is 1. The lowest BCUT2D eigenvalue weighted by Crippen LogP contribution is -1.98. The summed E-state index contributed by atoms with van der Waals surface area (Å²) in [5.41, 5.74) is 8.09. The highest BCUT2D eigenvalue weighted by molar-refractivity contribution is 5.96. The summed E-state index contributed by atoms with van der Waals surface area (Å²) in [5, 5.41) is 4.53. The summed E-state index contributed by atoms with van der Waals surface area (Å²) >= 11 is 0. The van der Waals surface area contributed by atoms with Gasteiger partial charge in [0.2, 0.25) is 0 Å². The van der Waals surface area contributed by atoms with Crippen LogP contribution in [-0.2, 0) is 6.54 Å². The highest BCUT2D eigenvalue weighted by atomic mass is 19.2. The number of nitrogens with two attached hydrogens (primary N) is 1. The molecule has 3 N–H and O–H groups in total. The molecule has 0 aliphatic carbocycles. The molecule has 0 fully saturated rings. The molecule has 3 aromatic heterocycles. The Kier molecular flexibility index (Phi) is 3.35. The van der Waals surface area contributed by atoms with Gasteiger partial charge in [0, 0.05) is 29.3 Å². The topological polar surface area (TPSA) is 80.7 Å². The molecule has 4 rings (SSSR count). The van der Waals surface area contributed by atoms with Crippen molar-refractivity contribution in [3.05, 3.63) is 60.1 Å². The minimum absolute atomic E-state index is 0.0899. The highest BCUT2D eigenvalue weighted by Crippen LogP contribution is 2.37. The van der Waals surface area contributed by atoms with Crippen LogP contribution in [0.25, 0.3) is 33.5 Å². The summed E-state index contributed by atoms with van der Waals surface area (Å²) in [4.78, 5) is 7.42. The van der Waals surface area contributed by atoms with E-state index in [0.717, 1.165) is 17.1 Å². The van der Waals surface area contributed by atoms with Gasteiger partial charge in [-0.05, 0) is 18.2 Å². The number of rotatable bonds is 3. The Morgan fingerprint density at radius 3 is 2.79 bits per heavy atom. The maximum atomic E-state index is 14.1. The summed E-state index contributed by atoms with van der Waals surface area (Å²) in [7, 11) is 0. The number of aromatic amines is 1. The Bertz CT molecular complexity index is 1040. The Morgan fingerprint density at radius 2 is 1.96 bits per heavy atom. The number of hydrogen-bond donors (Lipinski definition) is 2. The molecule has 120 valence electrons. The van der Waals surface area contributed by atoms with Crippen LogP contribution in [0.4, 0.5) is 8.78 Å². The summed E-state index contributed by atoms with van der Waals surface area (Å²) in [6, 6.07) is 7.64. The molecular formula is C17H12F2N4O. The van der Waals surface area contributed by atoms with Crippen LogP contribution in [0.15, 0.2) is 47.2 Å². The van der Waals surface area contributed by atoms with Crippen molar-refractivity contribution in [1.82, 2.24) is 15.1 Å². The number of nitrogens with zero attached hydrogens (tertiary/aromatic N) is 2. The zero-order valence-corrected chi connectivity index (χ0v) is 12.4. The largest absolute Gasteiger partial charge is 0.356 e. The number of fused-ring (bicyclic) bond motifs is 1. The lowest BCUT2D eigenvalue weighted by atomic mass is 10.0. The fourth-order valence-corrected chi connectivity index (χ4v) is 2.68. The quantitative estimate of drug-likeness (QED) is 0.602. The van der Waals surface area contributed by atoms with Gasteiger partial charge in [-0.2, -0.15) is 0 Å². The Hall–Kier alpha value is -3.06. The van der Waals surface area contributed by atoms with Gasteiger partial charge >= 0.3 is 0 Å². The smallest absolute Gasteiger partial charge is 0.176 e. The van der Waals surface area contributed by atoms with Crippen molar-refractivity contribution in [1.29, 1.82) is 0 Å². The fraction of sp³-hybridized carbons (Fsp3) is 0.0588. The van der Waals surface area contributed by atoms with E-state index in [1.807, 2.05) is 6.07 Å². The van der Waals surface area contributed by atoms with Crippen molar-refractivity contribution < 1.29 is 13.3 Å². The van der Waals surface area contributed by atoms with E-state index in [9.17, 15) is 8.78 Å². The van der Waals surface area contributed by atoms with Crippen molar-refractivity contribution in [3.8, 4) is 22.5 Å². The SMILES string of the molecule is NCc1ccc2c(-c3oncc3-c3cccc(F)c3F)c[nH]c2n1. The maximum absolute atomic E-state index is 14.1. The number of nitrogens with one attached hydrogen (secondary N) is 1. The molecule has 0 aliphatic heterocycles. The second kappa shape index (κ2) is 5.54. The van der Waals surface area contributed by atoms with Crippen molar-refractivity contribution in [2.75, 3.05) is 0 Å². The molecule has 0 unspecified atom stereocenters. The average molecular weight is 326 g/mol. The Balaban J connectivity index is 1.91. The summed E-state index contributed by atoms with van der Waals surface area (Å²) < 4.78 is 33.0. The van der Waals surface area contributed by atoms with E-state index in [1.54, 1.807) is 12.3 Å². The minimum atomic E-state index is -0.940. The van der Waals surface area contributed by atoms with E-state index in [-0.39, 0.29) is 5.56 Å². The Labute approximate surface area is 135 Å². The third-order valence-electron chi connectivity index (χ3n) is 3.86. The molecule has 4 aromatic rings. The van der Waals surface area contributed by atoms with Crippen LogP contribution in [0.5, 0.6) is 0 Å². The van der Waals surface area contributed by atoms with E-state index in [1.165, 1.54) is 18.3 Å². The van der Waals surface area contributed by atoms with Gasteiger partial charge in [-0.1, -0.05) is 17.3 Å². The van der Waals surface area contributed by atoms with Crippen LogP contribution < -0.4 is 5.73 Å². The third kappa shape index (κ3) is 2.17. The molecule has 0 atom stereocenters. The van der Waals surface area contributed by atoms with Gasteiger partial charge in [0.25, 0.3) is 0 Å². The standard InChI is InChI=1S/C17H12F2N4O/c18-14-3-1-2-10(15(14)19)13-8-22-24-16(13)12-7-21-17-11(12)5-4-9(6-20)23-17/h1-5,7-8H,6,20H2,(H,21,23). The molecule has 0 radical (unpaired) electrons. The zero-order chi connectivity index (χ0) is 16.7. The molecule has 0 saturated carbocycles. The molecule has 5 nitrogen and oxygen atoms in total. The van der Waals surface area contributed by atoms with Gasteiger partial charge < -0.3 is 15.2 Å². The fourth-order valence-electron chi connectivity index (χ4n) is 2.68. The molecular weight excluding hydrogens is 314 g/mol. The summed E-state index contributed by atoms with van der Waals surface area (Å²) in [6.45, 7) is 0.326. The molecule has 0 amide bonds. The molecule has 0 spiro atoms. The first kappa shape index (κ1) is 14.5. The van der Waals surface area contributed by atoms with E-state index in [0.29, 0.717) is 29.1 Å². The summed E-state index contributed by atoms with van der Waals surface area (Å²) in [6.07, 6.45) is 3.06. The van der Waals surface area contributed by atoms with Gasteiger partial charge in [0.1, 0.15) is 5.65 Å². The molecule has 1 aromatic carbocycles. The lowest BCUT2D eigenvalue weighted by molar-refractivity contribution is 0.432. The predicted octanol–water partition coefficient (Wildman–Crippen LogP) is 3.62. The van der Waals surface area contributed by atoms with Gasteiger partial charge in [0.05, 0.1) is 17.5 Å². The van der Waals surface area contributed by atoms with E-state index in [2.05, 4.69) is 15.1 Å². The number of halogens is 2. The van der Waals surface area contributed by atoms with Crippen LogP contribution in [0, 0.1) is 11.6 Å². The van der Waals surface area contributed by atoms with Crippen LogP contribution in [0.1, 0.15) is 5.69 Å². The molecule has 24 heavy (non-hydrogen) atoms. The van der Waals surface area contributed by atoms with Gasteiger partial charge in [-0.15, -0.1) is 0 Å². The first-order valence-corrected chi connectivity index (χ1v) is 7.25. The van der Waals surface area contributed by atoms with E-state index >= 15 is 0 Å². The van der Waals surface area contributed by atoms with E-state index in [4.69, 9.17) is 10.3 Å². The van der Waals surface area contributed by atoms with Crippen LogP contribution in [-0.4, -0.2) is 15.1 Å². The van der Waals surface area contributed by atoms with Gasteiger partial charge in [-0.25, -0.2) is 13.8 Å². The van der Waals surface area contributed by atoms with Crippen molar-refractivity contribution in [2.24, 2.45) is 5.73 Å². The molecule has 3 heterocycles. The van der Waals surface area contributed by atoms with Crippen molar-refractivity contribution >= 4 is 11.0 Å². The minimum Gasteiger partial charge on any atom is -0.356 e. The summed E-state index contributed by atoms with van der Waals surface area (Å²) in [5.74, 6) is -1.52. The maximum Gasteiger partial charge on any atom is 0.176 e. The highest BCUT2D eigenvalue weighted by Gasteiger charge is 2.20. The van der Waals surface area contributed by atoms with Gasteiger partial charge in [-0.3, -0.25) is 0 Å². The van der Waals surface area contributed by atoms with E-state index < -0.39 is 11.6 Å². The first-order valence-electron chi connectivity index (χ1n) is 7.25. The lowest BCUT2D eigenvalue weighted by Gasteiger charge is -2.03. The monoisotopic (exact) mass is 326 g/mol. The Morgan fingerprint density at radius 1 is 1.08 bits per heavy atom. The van der Waals surface area contributed by atoms with Crippen molar-refractivity contribution in [2.45, 2.75) is 6.54 Å². The molecule has 0 bridgehead atoms. The molecule has 7 heteroatoms. The van der Waals surface area contributed by atoms with Crippen LogP contribution >= 0.6 is 0 Å². The number of aromatic nitrogens is 3. The third-order valence-corrected chi connectivity index (χ3v) is 3.86. The van der Waals surface area contributed by atoms with Crippen LogP contribution in [0.2, 0.25) is 0 Å². The molecule has 0 aliphatic rings. The second-order valence-corrected chi connectivity index (χ2v) is 5.28. The zero-order valence-electron chi connectivity index (χ0n) is 12.4. The first-order chi connectivity index (χ1) is 11.7. The number of hydrogen-bond acceptors (Lipinski definition) is 4. The normalized spacial score (nSPS) is 11.3. The second-order valence-electron chi connectivity index (χ2n) is 5.28. The van der Waals surface area contributed by atoms with Crippen molar-refractivity contribution in [3.63, 3.8) is 0 Å².